The van der Waals surface area contributed by atoms with Crippen LogP contribution in [-0.4, -0.2) is 12.1 Å². The average molecular weight is 381 g/mol. The predicted molar refractivity (Wildman–Crippen MR) is 108 cm³/mol. The first kappa shape index (κ1) is 18.2. The molecule has 0 aliphatic heterocycles. The van der Waals surface area contributed by atoms with Crippen molar-refractivity contribution in [1.82, 2.24) is 5.43 Å². The average Bonchev–Trinajstić information content (AvgIpc) is 2.65. The van der Waals surface area contributed by atoms with E-state index in [9.17, 15) is 4.79 Å². The molecule has 3 rings (SSSR count). The maximum atomic E-state index is 12.0. The molecule has 26 heavy (non-hydrogen) atoms. The summed E-state index contributed by atoms with van der Waals surface area (Å²) in [4.78, 5) is 14.4. The number of rotatable bonds is 5. The first-order valence-corrected chi connectivity index (χ1v) is 9.24. The molecule has 0 aliphatic rings. The Balaban J connectivity index is 1.58. The van der Waals surface area contributed by atoms with Crippen LogP contribution in [0.2, 0.25) is 5.02 Å². The van der Waals surface area contributed by atoms with Crippen molar-refractivity contribution in [2.45, 2.75) is 16.7 Å². The van der Waals surface area contributed by atoms with E-state index in [1.165, 1.54) is 10.5 Å². The number of hydrazone groups is 1. The molecular weight excluding hydrogens is 364 g/mol. The van der Waals surface area contributed by atoms with Crippen LogP contribution in [0.1, 0.15) is 21.5 Å². The van der Waals surface area contributed by atoms with Gasteiger partial charge in [-0.15, -0.1) is 0 Å². The van der Waals surface area contributed by atoms with Crippen molar-refractivity contribution in [1.29, 1.82) is 0 Å². The zero-order valence-corrected chi connectivity index (χ0v) is 15.7. The van der Waals surface area contributed by atoms with Crippen LogP contribution in [0, 0.1) is 6.92 Å². The van der Waals surface area contributed by atoms with E-state index in [-0.39, 0.29) is 5.91 Å². The number of hydrogen-bond acceptors (Lipinski definition) is 3. The SMILES string of the molecule is Cc1ccc(Sc2ccc(/C=N\NC(=O)c3ccccc3Cl)cc2)cc1. The number of aryl methyl sites for hydroxylation is 1. The number of nitrogens with one attached hydrogen (secondary N) is 1. The number of carbonyl (C=O) groups is 1. The maximum Gasteiger partial charge on any atom is 0.272 e. The van der Waals surface area contributed by atoms with Gasteiger partial charge in [0, 0.05) is 9.79 Å². The first-order valence-electron chi connectivity index (χ1n) is 8.04. The van der Waals surface area contributed by atoms with Crippen molar-refractivity contribution in [3.05, 3.63) is 94.5 Å². The summed E-state index contributed by atoms with van der Waals surface area (Å²) in [5.74, 6) is -0.335. The maximum absolute atomic E-state index is 12.0. The Morgan fingerprint density at radius 3 is 2.23 bits per heavy atom. The molecule has 0 bridgehead atoms. The molecule has 3 aromatic carbocycles. The van der Waals surface area contributed by atoms with Gasteiger partial charge in [0.05, 0.1) is 16.8 Å². The van der Waals surface area contributed by atoms with Gasteiger partial charge in [0.1, 0.15) is 0 Å². The zero-order valence-electron chi connectivity index (χ0n) is 14.1. The van der Waals surface area contributed by atoms with Gasteiger partial charge in [0.15, 0.2) is 0 Å². The fourth-order valence-corrected chi connectivity index (χ4v) is 3.27. The van der Waals surface area contributed by atoms with Crippen molar-refractivity contribution in [3.63, 3.8) is 0 Å². The number of nitrogens with zero attached hydrogens (tertiary/aromatic N) is 1. The second-order valence-electron chi connectivity index (χ2n) is 5.66. The highest BCUT2D eigenvalue weighted by atomic mass is 35.5. The molecular formula is C21H17ClN2OS. The smallest absolute Gasteiger partial charge is 0.267 e. The lowest BCUT2D eigenvalue weighted by molar-refractivity contribution is 0.0955. The van der Waals surface area contributed by atoms with Gasteiger partial charge in [-0.1, -0.05) is 65.3 Å². The highest BCUT2D eigenvalue weighted by molar-refractivity contribution is 7.99. The van der Waals surface area contributed by atoms with E-state index in [4.69, 9.17) is 11.6 Å². The Morgan fingerprint density at radius 1 is 0.962 bits per heavy atom. The molecule has 0 saturated heterocycles. The Labute approximate surface area is 162 Å². The van der Waals surface area contributed by atoms with Crippen LogP contribution in [0.25, 0.3) is 0 Å². The van der Waals surface area contributed by atoms with Crippen LogP contribution in [0.3, 0.4) is 0 Å². The van der Waals surface area contributed by atoms with Crippen LogP contribution in [0.5, 0.6) is 0 Å². The molecule has 0 fully saturated rings. The summed E-state index contributed by atoms with van der Waals surface area (Å²) < 4.78 is 0. The fraction of sp³-hybridized carbons (Fsp3) is 0.0476. The largest absolute Gasteiger partial charge is 0.272 e. The lowest BCUT2D eigenvalue weighted by atomic mass is 10.2. The fourth-order valence-electron chi connectivity index (χ4n) is 2.24. The van der Waals surface area contributed by atoms with Gasteiger partial charge in [-0.2, -0.15) is 5.10 Å². The van der Waals surface area contributed by atoms with Crippen molar-refractivity contribution < 1.29 is 4.79 Å². The third kappa shape index (κ3) is 4.97. The van der Waals surface area contributed by atoms with Gasteiger partial charge < -0.3 is 0 Å². The Bertz CT molecular complexity index is 922. The molecule has 0 atom stereocenters. The molecule has 0 saturated carbocycles. The molecule has 0 aliphatic carbocycles. The van der Waals surface area contributed by atoms with Gasteiger partial charge in [-0.3, -0.25) is 4.79 Å². The quantitative estimate of drug-likeness (QED) is 0.464. The molecule has 0 spiro atoms. The third-order valence-electron chi connectivity index (χ3n) is 3.63. The highest BCUT2D eigenvalue weighted by Crippen LogP contribution is 2.27. The minimum absolute atomic E-state index is 0.335. The standard InChI is InChI=1S/C21H17ClN2OS/c1-15-6-10-17(11-7-15)26-18-12-8-16(9-13-18)14-23-24-21(25)19-4-2-3-5-20(19)22/h2-14H,1H3,(H,24,25)/b23-14-. The minimum atomic E-state index is -0.335. The van der Waals surface area contributed by atoms with E-state index in [1.807, 2.05) is 24.3 Å². The molecule has 0 aromatic heterocycles. The monoisotopic (exact) mass is 380 g/mol. The summed E-state index contributed by atoms with van der Waals surface area (Å²) in [5, 5.41) is 4.39. The van der Waals surface area contributed by atoms with Crippen LogP contribution in [-0.2, 0) is 0 Å². The van der Waals surface area contributed by atoms with Crippen molar-refractivity contribution >= 4 is 35.5 Å². The van der Waals surface area contributed by atoms with E-state index >= 15 is 0 Å². The summed E-state index contributed by atoms with van der Waals surface area (Å²) >= 11 is 7.70. The van der Waals surface area contributed by atoms with E-state index in [0.29, 0.717) is 10.6 Å². The number of hydrogen-bond donors (Lipinski definition) is 1. The van der Waals surface area contributed by atoms with Crippen molar-refractivity contribution in [3.8, 4) is 0 Å². The van der Waals surface area contributed by atoms with Crippen LogP contribution < -0.4 is 5.43 Å². The van der Waals surface area contributed by atoms with Crippen LogP contribution in [0.15, 0.2) is 87.7 Å². The zero-order chi connectivity index (χ0) is 18.4. The molecule has 5 heteroatoms. The second kappa shape index (κ2) is 8.70. The lowest BCUT2D eigenvalue weighted by Gasteiger charge is -2.03. The van der Waals surface area contributed by atoms with Gasteiger partial charge in [0.25, 0.3) is 5.91 Å². The van der Waals surface area contributed by atoms with E-state index in [2.05, 4.69) is 41.7 Å². The first-order chi connectivity index (χ1) is 12.6. The van der Waals surface area contributed by atoms with Crippen LogP contribution >= 0.6 is 23.4 Å². The van der Waals surface area contributed by atoms with E-state index < -0.39 is 0 Å². The number of benzene rings is 3. The summed E-state index contributed by atoms with van der Waals surface area (Å²) in [6.45, 7) is 2.08. The van der Waals surface area contributed by atoms with Gasteiger partial charge >= 0.3 is 0 Å². The summed E-state index contributed by atoms with van der Waals surface area (Å²) in [7, 11) is 0. The number of carbonyl (C=O) groups excluding carboxylic acids is 1. The topological polar surface area (TPSA) is 41.5 Å². The Kier molecular flexibility index (Phi) is 6.10. The molecule has 0 radical (unpaired) electrons. The Hall–Kier alpha value is -2.56. The molecule has 0 unspecified atom stereocenters. The van der Waals surface area contributed by atoms with E-state index in [0.717, 1.165) is 10.5 Å². The normalized spacial score (nSPS) is 10.8. The summed E-state index contributed by atoms with van der Waals surface area (Å²) in [5.41, 5.74) is 5.04. The predicted octanol–water partition coefficient (Wildman–Crippen LogP) is 5.56. The minimum Gasteiger partial charge on any atom is -0.267 e. The number of amides is 1. The molecule has 1 N–H and O–H groups in total. The van der Waals surface area contributed by atoms with Gasteiger partial charge in [-0.25, -0.2) is 5.43 Å². The molecule has 1 amide bonds. The lowest BCUT2D eigenvalue weighted by Crippen LogP contribution is -2.17. The van der Waals surface area contributed by atoms with Crippen LogP contribution in [0.4, 0.5) is 0 Å². The van der Waals surface area contributed by atoms with Gasteiger partial charge in [0.2, 0.25) is 0 Å². The number of halogens is 1. The van der Waals surface area contributed by atoms with Crippen molar-refractivity contribution in [2.24, 2.45) is 5.10 Å². The second-order valence-corrected chi connectivity index (χ2v) is 7.22. The molecule has 3 aromatic rings. The third-order valence-corrected chi connectivity index (χ3v) is 4.98. The summed E-state index contributed by atoms with van der Waals surface area (Å²) in [6.07, 6.45) is 1.61. The van der Waals surface area contributed by atoms with Gasteiger partial charge in [-0.05, 0) is 48.9 Å². The molecule has 0 heterocycles. The molecule has 3 nitrogen and oxygen atoms in total. The molecule has 130 valence electrons. The van der Waals surface area contributed by atoms with Crippen molar-refractivity contribution in [2.75, 3.05) is 0 Å². The Morgan fingerprint density at radius 2 is 1.58 bits per heavy atom. The highest BCUT2D eigenvalue weighted by Gasteiger charge is 2.07. The summed E-state index contributed by atoms with van der Waals surface area (Å²) in [6, 6.07) is 23.3. The van der Waals surface area contributed by atoms with E-state index in [1.54, 1.807) is 42.2 Å².